The molecule has 208 valence electrons. The van der Waals surface area contributed by atoms with E-state index in [1.165, 1.54) is 29.4 Å². The van der Waals surface area contributed by atoms with Crippen LogP contribution in [0, 0.1) is 0 Å². The van der Waals surface area contributed by atoms with Crippen LogP contribution in [0.4, 0.5) is 11.4 Å². The zero-order chi connectivity index (χ0) is 28.1. The number of amides is 2. The number of aliphatic imine (C=N–C) groups is 1. The topological polar surface area (TPSA) is 100 Å². The largest absolute Gasteiger partial charge is 0.493 e. The maximum Gasteiger partial charge on any atom is 0.256 e. The minimum atomic E-state index is -0.546. The minimum Gasteiger partial charge on any atom is -0.493 e. The number of methoxy groups -OCH3 is 1. The van der Waals surface area contributed by atoms with Crippen molar-refractivity contribution >= 4 is 35.5 Å². The van der Waals surface area contributed by atoms with Crippen molar-refractivity contribution in [1.82, 2.24) is 4.90 Å². The van der Waals surface area contributed by atoms with Gasteiger partial charge in [0.2, 0.25) is 5.91 Å². The Bertz CT molecular complexity index is 1610. The van der Waals surface area contributed by atoms with Crippen molar-refractivity contribution in [3.05, 3.63) is 88.0 Å². The van der Waals surface area contributed by atoms with Gasteiger partial charge in [-0.05, 0) is 47.2 Å². The fourth-order valence-corrected chi connectivity index (χ4v) is 6.49. The molecule has 0 saturated carbocycles. The van der Waals surface area contributed by atoms with E-state index in [0.717, 1.165) is 17.7 Å². The van der Waals surface area contributed by atoms with Crippen LogP contribution in [0.25, 0.3) is 6.08 Å². The Morgan fingerprint density at radius 2 is 2.07 bits per heavy atom. The van der Waals surface area contributed by atoms with E-state index in [-0.39, 0.29) is 30.3 Å². The van der Waals surface area contributed by atoms with E-state index in [0.29, 0.717) is 48.6 Å². The Hall–Kier alpha value is -4.43. The van der Waals surface area contributed by atoms with Gasteiger partial charge >= 0.3 is 0 Å². The van der Waals surface area contributed by atoms with Crippen LogP contribution in [0.2, 0.25) is 0 Å². The second-order valence-corrected chi connectivity index (χ2v) is 11.0. The molecule has 0 spiro atoms. The van der Waals surface area contributed by atoms with Crippen molar-refractivity contribution in [2.45, 2.75) is 43.7 Å². The van der Waals surface area contributed by atoms with Crippen LogP contribution in [0.1, 0.15) is 52.2 Å². The third-order valence-electron chi connectivity index (χ3n) is 8.47. The average Bonchev–Trinajstić information content (AvgIpc) is 3.32. The van der Waals surface area contributed by atoms with E-state index in [1.54, 1.807) is 23.2 Å². The van der Waals surface area contributed by atoms with Gasteiger partial charge in [0.25, 0.3) is 5.91 Å². The van der Waals surface area contributed by atoms with Crippen LogP contribution in [-0.4, -0.2) is 60.4 Å². The Labute approximate surface area is 238 Å². The first-order chi connectivity index (χ1) is 20.0. The maximum atomic E-state index is 13.1. The average molecular weight is 550 g/mol. The van der Waals surface area contributed by atoms with E-state index < -0.39 is 6.10 Å². The number of aliphatic hydroxyl groups is 1. The van der Waals surface area contributed by atoms with Crippen LogP contribution >= 0.6 is 0 Å². The summed E-state index contributed by atoms with van der Waals surface area (Å²) in [4.78, 5) is 32.2. The molecule has 2 N–H and O–H groups in total. The molecular formula is C33H31N3O5. The lowest BCUT2D eigenvalue weighted by Crippen LogP contribution is -2.35. The molecule has 3 aliphatic carbocycles. The van der Waals surface area contributed by atoms with Gasteiger partial charge in [0, 0.05) is 48.8 Å². The minimum absolute atomic E-state index is 0.0680. The standard InChI is InChI=1S/C33H31N3O5/c1-40-28-15-25-27(34-17-22-14-23(37)18-36(22)33(25)39)16-29(28)41-13-3-6-30(38)35-26-12-10-21-8-7-19-4-2-5-20-9-11-24(26)32(21)31(19)20/h2,4-5,7,9-12,15-17,22-23,31,37H,3,6,8,13-14,18H2,1H3,(H,35,38). The van der Waals surface area contributed by atoms with Gasteiger partial charge in [-0.15, -0.1) is 0 Å². The molecule has 41 heavy (non-hydrogen) atoms. The van der Waals surface area contributed by atoms with E-state index in [9.17, 15) is 14.7 Å². The predicted molar refractivity (Wildman–Crippen MR) is 157 cm³/mol. The number of carbonyl (C=O) groups is 2. The van der Waals surface area contributed by atoms with E-state index in [1.807, 2.05) is 6.07 Å². The number of nitrogens with one attached hydrogen (secondary N) is 1. The summed E-state index contributed by atoms with van der Waals surface area (Å²) in [5, 5.41) is 13.1. The Balaban J connectivity index is 1.00. The molecule has 0 bridgehead atoms. The molecule has 3 atom stereocenters. The number of hydrogen-bond donors (Lipinski definition) is 2. The number of fused-ring (bicyclic) bond motifs is 2. The quantitative estimate of drug-likeness (QED) is 0.480. The second kappa shape index (κ2) is 10.2. The lowest BCUT2D eigenvalue weighted by atomic mass is 9.71. The van der Waals surface area contributed by atoms with Gasteiger partial charge in [0.15, 0.2) is 11.5 Å². The Kier molecular flexibility index (Phi) is 6.35. The van der Waals surface area contributed by atoms with Crippen LogP contribution in [0.5, 0.6) is 11.5 Å². The number of aliphatic hydroxyl groups excluding tert-OH is 1. The summed E-state index contributed by atoms with van der Waals surface area (Å²) in [5.41, 5.74) is 8.07. The number of carbonyl (C=O) groups excluding carboxylic acids is 2. The van der Waals surface area contributed by atoms with Gasteiger partial charge in [-0.3, -0.25) is 14.6 Å². The number of rotatable bonds is 7. The molecule has 1 fully saturated rings. The monoisotopic (exact) mass is 549 g/mol. The molecule has 2 aliphatic heterocycles. The van der Waals surface area contributed by atoms with Gasteiger partial charge < -0.3 is 24.8 Å². The zero-order valence-corrected chi connectivity index (χ0v) is 22.8. The maximum absolute atomic E-state index is 13.1. The molecule has 7 rings (SSSR count). The number of hydrogen-bond acceptors (Lipinski definition) is 6. The van der Waals surface area contributed by atoms with Crippen molar-refractivity contribution in [2.24, 2.45) is 4.99 Å². The fourth-order valence-electron chi connectivity index (χ4n) is 6.49. The number of allylic oxidation sites excluding steroid dienone is 7. The second-order valence-electron chi connectivity index (χ2n) is 11.0. The molecule has 2 heterocycles. The van der Waals surface area contributed by atoms with E-state index >= 15 is 0 Å². The van der Waals surface area contributed by atoms with Gasteiger partial charge in [0.05, 0.1) is 37.1 Å². The van der Waals surface area contributed by atoms with Crippen molar-refractivity contribution in [3.8, 4) is 11.5 Å². The first-order valence-corrected chi connectivity index (χ1v) is 14.1. The first-order valence-electron chi connectivity index (χ1n) is 14.1. The highest BCUT2D eigenvalue weighted by molar-refractivity contribution is 6.03. The summed E-state index contributed by atoms with van der Waals surface area (Å²) in [6.45, 7) is 0.587. The smallest absolute Gasteiger partial charge is 0.256 e. The van der Waals surface area contributed by atoms with Crippen molar-refractivity contribution < 1.29 is 24.2 Å². The summed E-state index contributed by atoms with van der Waals surface area (Å²) >= 11 is 0. The first kappa shape index (κ1) is 25.5. The summed E-state index contributed by atoms with van der Waals surface area (Å²) in [5.74, 6) is 0.886. The highest BCUT2D eigenvalue weighted by Gasteiger charge is 2.37. The molecule has 2 aromatic carbocycles. The third-order valence-corrected chi connectivity index (χ3v) is 8.47. The molecule has 3 unspecified atom stereocenters. The Morgan fingerprint density at radius 3 is 2.95 bits per heavy atom. The summed E-state index contributed by atoms with van der Waals surface area (Å²) in [6, 6.07) is 7.26. The lowest BCUT2D eigenvalue weighted by Gasteiger charge is -2.34. The SMILES string of the molecule is COc1cc2c(cc1OCCCC(=O)Nc1ccc3c4c1C=CC1=CC=CC(=CC3)C14)N=CC1CC(O)CN1C2=O. The fraction of sp³-hybridized carbons (Fsp3) is 0.303. The highest BCUT2D eigenvalue weighted by atomic mass is 16.5. The normalized spacial score (nSPS) is 22.7. The number of nitrogens with zero attached hydrogens (tertiary/aromatic N) is 2. The molecule has 8 heteroatoms. The highest BCUT2D eigenvalue weighted by Crippen LogP contribution is 2.47. The zero-order valence-electron chi connectivity index (χ0n) is 22.8. The van der Waals surface area contributed by atoms with Gasteiger partial charge in [-0.1, -0.05) is 42.5 Å². The number of anilines is 1. The molecule has 8 nitrogen and oxygen atoms in total. The van der Waals surface area contributed by atoms with E-state index in [4.69, 9.17) is 9.47 Å². The molecule has 0 radical (unpaired) electrons. The molecular weight excluding hydrogens is 518 g/mol. The summed E-state index contributed by atoms with van der Waals surface area (Å²) in [7, 11) is 1.52. The van der Waals surface area contributed by atoms with Crippen LogP contribution in [0.15, 0.2) is 70.8 Å². The van der Waals surface area contributed by atoms with Gasteiger partial charge in [0.1, 0.15) is 0 Å². The van der Waals surface area contributed by atoms with Crippen molar-refractivity contribution in [3.63, 3.8) is 0 Å². The molecule has 0 aromatic heterocycles. The van der Waals surface area contributed by atoms with Gasteiger partial charge in [-0.2, -0.15) is 0 Å². The molecule has 5 aliphatic rings. The Morgan fingerprint density at radius 1 is 1.17 bits per heavy atom. The summed E-state index contributed by atoms with van der Waals surface area (Å²) < 4.78 is 11.5. The molecule has 2 aromatic rings. The molecule has 1 saturated heterocycles. The van der Waals surface area contributed by atoms with Gasteiger partial charge in [-0.25, -0.2) is 0 Å². The number of benzene rings is 2. The number of ether oxygens (including phenoxy) is 2. The van der Waals surface area contributed by atoms with Crippen LogP contribution < -0.4 is 14.8 Å². The van der Waals surface area contributed by atoms with Crippen LogP contribution in [-0.2, 0) is 11.2 Å². The third kappa shape index (κ3) is 4.48. The van der Waals surface area contributed by atoms with Crippen molar-refractivity contribution in [1.29, 1.82) is 0 Å². The van der Waals surface area contributed by atoms with Crippen LogP contribution in [0.3, 0.4) is 0 Å². The molecule has 2 amide bonds. The summed E-state index contributed by atoms with van der Waals surface area (Å²) in [6.07, 6.45) is 16.4. The lowest BCUT2D eigenvalue weighted by molar-refractivity contribution is -0.116. The van der Waals surface area contributed by atoms with Crippen molar-refractivity contribution in [2.75, 3.05) is 25.6 Å². The van der Waals surface area contributed by atoms with E-state index in [2.05, 4.69) is 52.8 Å². The predicted octanol–water partition coefficient (Wildman–Crippen LogP) is 4.87.